The van der Waals surface area contributed by atoms with E-state index in [1.54, 1.807) is 18.2 Å². The Labute approximate surface area is 205 Å². The summed E-state index contributed by atoms with van der Waals surface area (Å²) >= 11 is 0. The van der Waals surface area contributed by atoms with E-state index in [4.69, 9.17) is 9.47 Å². The second-order valence-corrected chi connectivity index (χ2v) is 8.67. The van der Waals surface area contributed by atoms with Gasteiger partial charge >= 0.3 is 0 Å². The number of carbonyl (C=O) groups excluding carboxylic acids is 2. The van der Waals surface area contributed by atoms with Crippen molar-refractivity contribution in [2.45, 2.75) is 25.3 Å². The van der Waals surface area contributed by atoms with Gasteiger partial charge in [-0.05, 0) is 31.0 Å². The minimum Gasteiger partial charge on any atom is -0.496 e. The van der Waals surface area contributed by atoms with Crippen LogP contribution in [0.4, 0.5) is 0 Å². The second kappa shape index (κ2) is 11.6. The van der Waals surface area contributed by atoms with E-state index in [1.165, 1.54) is 0 Å². The van der Waals surface area contributed by atoms with Gasteiger partial charge in [0.1, 0.15) is 23.4 Å². The fourth-order valence-corrected chi connectivity index (χ4v) is 4.45. The van der Waals surface area contributed by atoms with Gasteiger partial charge in [-0.25, -0.2) is 4.98 Å². The SMILES string of the molecule is COc1ccccc1C(NC(=O)C1CCCN(C(=O)CCOc2ccccc2)C1)c1nccn1C. The summed E-state index contributed by atoms with van der Waals surface area (Å²) in [5, 5.41) is 3.18. The molecular weight excluding hydrogens is 444 g/mol. The molecule has 0 radical (unpaired) electrons. The molecule has 2 atom stereocenters. The van der Waals surface area contributed by atoms with E-state index in [1.807, 2.05) is 72.4 Å². The van der Waals surface area contributed by atoms with Crippen molar-refractivity contribution in [3.8, 4) is 11.5 Å². The monoisotopic (exact) mass is 476 g/mol. The van der Waals surface area contributed by atoms with Crippen LogP contribution in [0.5, 0.6) is 11.5 Å². The van der Waals surface area contributed by atoms with Gasteiger partial charge in [-0.15, -0.1) is 0 Å². The zero-order chi connectivity index (χ0) is 24.6. The second-order valence-electron chi connectivity index (χ2n) is 8.67. The number of methoxy groups -OCH3 is 1. The number of hydrogen-bond donors (Lipinski definition) is 1. The maximum absolute atomic E-state index is 13.4. The number of nitrogens with zero attached hydrogens (tertiary/aromatic N) is 3. The van der Waals surface area contributed by atoms with E-state index in [-0.39, 0.29) is 24.2 Å². The summed E-state index contributed by atoms with van der Waals surface area (Å²) in [6.07, 6.45) is 5.35. The van der Waals surface area contributed by atoms with Gasteiger partial charge < -0.3 is 24.3 Å². The van der Waals surface area contributed by atoms with E-state index in [2.05, 4.69) is 10.3 Å². The van der Waals surface area contributed by atoms with E-state index in [0.717, 1.165) is 24.2 Å². The van der Waals surface area contributed by atoms with Gasteiger partial charge in [0, 0.05) is 38.1 Å². The first-order chi connectivity index (χ1) is 17.1. The molecule has 3 aromatic rings. The fraction of sp³-hybridized carbons (Fsp3) is 0.370. The Bertz CT molecular complexity index is 1130. The highest BCUT2D eigenvalue weighted by molar-refractivity contribution is 5.82. The number of carbonyl (C=O) groups is 2. The van der Waals surface area contributed by atoms with Crippen LogP contribution in [0.1, 0.15) is 36.7 Å². The maximum Gasteiger partial charge on any atom is 0.226 e. The van der Waals surface area contributed by atoms with Gasteiger partial charge in [0.05, 0.1) is 26.1 Å². The molecule has 8 nitrogen and oxygen atoms in total. The molecule has 1 aliphatic heterocycles. The van der Waals surface area contributed by atoms with Crippen LogP contribution in [0.25, 0.3) is 0 Å². The third-order valence-corrected chi connectivity index (χ3v) is 6.33. The molecule has 1 aromatic heterocycles. The molecule has 0 spiro atoms. The first-order valence-electron chi connectivity index (χ1n) is 11.9. The molecule has 0 bridgehead atoms. The highest BCUT2D eigenvalue weighted by Gasteiger charge is 2.31. The Morgan fingerprint density at radius 3 is 2.66 bits per heavy atom. The summed E-state index contributed by atoms with van der Waals surface area (Å²) in [5.74, 6) is 1.75. The van der Waals surface area contributed by atoms with Crippen LogP contribution < -0.4 is 14.8 Å². The zero-order valence-electron chi connectivity index (χ0n) is 20.2. The van der Waals surface area contributed by atoms with Crippen LogP contribution in [-0.4, -0.2) is 53.1 Å². The van der Waals surface area contributed by atoms with Gasteiger partial charge in [0.2, 0.25) is 11.8 Å². The van der Waals surface area contributed by atoms with Crippen LogP contribution in [-0.2, 0) is 16.6 Å². The van der Waals surface area contributed by atoms with Crippen molar-refractivity contribution in [1.29, 1.82) is 0 Å². The average molecular weight is 477 g/mol. The molecule has 184 valence electrons. The van der Waals surface area contributed by atoms with Crippen molar-refractivity contribution < 1.29 is 19.1 Å². The number of para-hydroxylation sites is 2. The summed E-state index contributed by atoms with van der Waals surface area (Å²) in [6.45, 7) is 1.36. The summed E-state index contributed by atoms with van der Waals surface area (Å²) < 4.78 is 13.1. The number of nitrogens with one attached hydrogen (secondary N) is 1. The number of benzene rings is 2. The van der Waals surface area contributed by atoms with Crippen molar-refractivity contribution >= 4 is 11.8 Å². The molecule has 2 heterocycles. The number of aromatic nitrogens is 2. The fourth-order valence-electron chi connectivity index (χ4n) is 4.45. The van der Waals surface area contributed by atoms with E-state index in [9.17, 15) is 9.59 Å². The zero-order valence-corrected chi connectivity index (χ0v) is 20.2. The molecule has 1 saturated heterocycles. The minimum absolute atomic E-state index is 0.00353. The molecule has 1 N–H and O–H groups in total. The Balaban J connectivity index is 1.40. The smallest absolute Gasteiger partial charge is 0.226 e. The van der Waals surface area contributed by atoms with Crippen LogP contribution in [0.15, 0.2) is 67.0 Å². The minimum atomic E-state index is -0.469. The number of hydrogen-bond acceptors (Lipinski definition) is 5. The predicted octanol–water partition coefficient (Wildman–Crippen LogP) is 3.34. The summed E-state index contributed by atoms with van der Waals surface area (Å²) in [6, 6.07) is 16.6. The molecule has 2 aromatic carbocycles. The lowest BCUT2D eigenvalue weighted by Crippen LogP contribution is -2.46. The molecule has 0 saturated carbocycles. The molecule has 4 rings (SSSR count). The van der Waals surface area contributed by atoms with Crippen molar-refractivity contribution in [3.63, 3.8) is 0 Å². The molecule has 2 amide bonds. The lowest BCUT2D eigenvalue weighted by Gasteiger charge is -2.33. The summed E-state index contributed by atoms with van der Waals surface area (Å²) in [4.78, 5) is 32.5. The van der Waals surface area contributed by atoms with Crippen molar-refractivity contribution in [3.05, 3.63) is 78.4 Å². The molecule has 35 heavy (non-hydrogen) atoms. The van der Waals surface area contributed by atoms with Crippen molar-refractivity contribution in [2.24, 2.45) is 13.0 Å². The Morgan fingerprint density at radius 1 is 1.14 bits per heavy atom. The first-order valence-corrected chi connectivity index (χ1v) is 11.9. The predicted molar refractivity (Wildman–Crippen MR) is 132 cm³/mol. The normalized spacial score (nSPS) is 16.4. The molecule has 1 aliphatic rings. The third-order valence-electron chi connectivity index (χ3n) is 6.33. The topological polar surface area (TPSA) is 85.7 Å². The number of piperidine rings is 1. The molecule has 8 heteroatoms. The van der Waals surface area contributed by atoms with Gasteiger partial charge in [-0.3, -0.25) is 9.59 Å². The number of ether oxygens (including phenoxy) is 2. The lowest BCUT2D eigenvalue weighted by atomic mass is 9.95. The number of amides is 2. The van der Waals surface area contributed by atoms with Crippen molar-refractivity contribution in [2.75, 3.05) is 26.8 Å². The lowest BCUT2D eigenvalue weighted by molar-refractivity contribution is -0.136. The van der Waals surface area contributed by atoms with E-state index >= 15 is 0 Å². The highest BCUT2D eigenvalue weighted by atomic mass is 16.5. The Kier molecular flexibility index (Phi) is 8.03. The van der Waals surface area contributed by atoms with Crippen LogP contribution in [0.3, 0.4) is 0 Å². The Morgan fingerprint density at radius 2 is 1.91 bits per heavy atom. The number of likely N-dealkylation sites (tertiary alicyclic amines) is 1. The van der Waals surface area contributed by atoms with Gasteiger partial charge in [0.15, 0.2) is 0 Å². The Hall–Kier alpha value is -3.81. The number of aryl methyl sites for hydroxylation is 1. The highest BCUT2D eigenvalue weighted by Crippen LogP contribution is 2.30. The van der Waals surface area contributed by atoms with Gasteiger partial charge in [-0.2, -0.15) is 0 Å². The largest absolute Gasteiger partial charge is 0.496 e. The van der Waals surface area contributed by atoms with Gasteiger partial charge in [0.25, 0.3) is 0 Å². The molecule has 1 fully saturated rings. The summed E-state index contributed by atoms with van der Waals surface area (Å²) in [7, 11) is 3.51. The van der Waals surface area contributed by atoms with Crippen LogP contribution in [0.2, 0.25) is 0 Å². The number of imidazole rings is 1. The molecule has 2 unspecified atom stereocenters. The molecule has 0 aliphatic carbocycles. The first kappa shape index (κ1) is 24.3. The molecular formula is C27H32N4O4. The van der Waals surface area contributed by atoms with Gasteiger partial charge in [-0.1, -0.05) is 36.4 Å². The average Bonchev–Trinajstić information content (AvgIpc) is 3.33. The third kappa shape index (κ3) is 6.01. The van der Waals surface area contributed by atoms with E-state index < -0.39 is 6.04 Å². The van der Waals surface area contributed by atoms with Crippen LogP contribution in [0, 0.1) is 5.92 Å². The van der Waals surface area contributed by atoms with Crippen molar-refractivity contribution in [1.82, 2.24) is 19.8 Å². The quantitative estimate of drug-likeness (QED) is 0.512. The van der Waals surface area contributed by atoms with Crippen LogP contribution >= 0.6 is 0 Å². The summed E-state index contributed by atoms with van der Waals surface area (Å²) in [5.41, 5.74) is 0.833. The van der Waals surface area contributed by atoms with E-state index in [0.29, 0.717) is 31.3 Å². The standard InChI is InChI=1S/C27H32N4O4/c1-30-17-15-28-26(30)25(22-12-6-7-13-23(22)34-2)29-27(33)20-9-8-16-31(19-20)24(32)14-18-35-21-10-4-3-5-11-21/h3-7,10-13,15,17,20,25H,8-9,14,16,18-19H2,1-2H3,(H,29,33). The number of rotatable bonds is 9. The maximum atomic E-state index is 13.4.